The smallest absolute Gasteiger partial charge is 0.349 e. The number of amides is 2. The first-order chi connectivity index (χ1) is 20.3. The monoisotopic (exact) mass is 599 g/mol. The molecule has 1 aromatic carbocycles. The van der Waals surface area contributed by atoms with Crippen LogP contribution in [0.2, 0.25) is 0 Å². The summed E-state index contributed by atoms with van der Waals surface area (Å²) in [6, 6.07) is 7.96. The molecule has 0 radical (unpaired) electrons. The van der Waals surface area contributed by atoms with Crippen LogP contribution in [0.1, 0.15) is 59.3 Å². The lowest BCUT2D eigenvalue weighted by atomic mass is 10.0. The van der Waals surface area contributed by atoms with Gasteiger partial charge in [0.05, 0.1) is 23.0 Å². The minimum atomic E-state index is -4.61. The van der Waals surface area contributed by atoms with Gasteiger partial charge in [-0.25, -0.2) is 9.07 Å². The van der Waals surface area contributed by atoms with E-state index >= 15 is 0 Å². The van der Waals surface area contributed by atoms with Gasteiger partial charge in [0.2, 0.25) is 5.91 Å². The maximum atomic E-state index is 13.9. The molecule has 2 amide bonds. The van der Waals surface area contributed by atoms with Crippen LogP contribution in [-0.4, -0.2) is 67.8 Å². The Morgan fingerprint density at radius 1 is 1.09 bits per heavy atom. The molecule has 0 bridgehead atoms. The predicted octanol–water partition coefficient (Wildman–Crippen LogP) is 4.61. The molecule has 0 spiro atoms. The number of aryl methyl sites for hydroxylation is 1. The second-order valence-corrected chi connectivity index (χ2v) is 11.4. The molecule has 2 aromatic heterocycles. The van der Waals surface area contributed by atoms with E-state index in [1.807, 2.05) is 26.1 Å². The molecule has 9 nitrogen and oxygen atoms in total. The zero-order valence-electron chi connectivity index (χ0n) is 24.3. The van der Waals surface area contributed by atoms with Gasteiger partial charge in [-0.05, 0) is 55.7 Å². The van der Waals surface area contributed by atoms with Crippen molar-refractivity contribution in [3.63, 3.8) is 0 Å². The first-order valence-electron chi connectivity index (χ1n) is 14.1. The third kappa shape index (κ3) is 6.46. The molecule has 4 heterocycles. The van der Waals surface area contributed by atoms with E-state index in [0.29, 0.717) is 43.0 Å². The molecule has 0 saturated carbocycles. The largest absolute Gasteiger partial charge is 0.435 e. The third-order valence-electron chi connectivity index (χ3n) is 7.90. The van der Waals surface area contributed by atoms with E-state index in [1.165, 1.54) is 22.9 Å². The van der Waals surface area contributed by atoms with Gasteiger partial charge in [0, 0.05) is 44.2 Å². The summed E-state index contributed by atoms with van der Waals surface area (Å²) < 4.78 is 53.9. The lowest BCUT2D eigenvalue weighted by Gasteiger charge is -2.24. The molecule has 228 valence electrons. The average Bonchev–Trinajstić information content (AvgIpc) is 3.61. The Kier molecular flexibility index (Phi) is 8.37. The van der Waals surface area contributed by atoms with E-state index in [4.69, 9.17) is 0 Å². The number of rotatable bonds is 8. The van der Waals surface area contributed by atoms with Crippen LogP contribution in [0.5, 0.6) is 0 Å². The topological polar surface area (TPSA) is 96.2 Å². The van der Waals surface area contributed by atoms with E-state index in [9.17, 15) is 27.2 Å². The molecule has 2 aliphatic rings. The summed E-state index contributed by atoms with van der Waals surface area (Å²) in [6.07, 6.45) is -2.13. The lowest BCUT2D eigenvalue weighted by Crippen LogP contribution is -2.35. The fourth-order valence-electron chi connectivity index (χ4n) is 5.61. The van der Waals surface area contributed by atoms with E-state index in [-0.39, 0.29) is 41.3 Å². The number of halogens is 4. The molecule has 2 atom stereocenters. The third-order valence-corrected chi connectivity index (χ3v) is 7.90. The number of alkyl halides is 3. The summed E-state index contributed by atoms with van der Waals surface area (Å²) in [5.41, 5.74) is 2.00. The highest BCUT2D eigenvalue weighted by atomic mass is 19.4. The quantitative estimate of drug-likeness (QED) is 0.380. The minimum Gasteiger partial charge on any atom is -0.349 e. The van der Waals surface area contributed by atoms with Crippen molar-refractivity contribution in [2.75, 3.05) is 26.2 Å². The molecule has 1 unspecified atom stereocenters. The Morgan fingerprint density at radius 3 is 2.49 bits per heavy atom. The molecule has 1 N–H and O–H groups in total. The van der Waals surface area contributed by atoms with E-state index in [0.717, 1.165) is 23.7 Å². The standard InChI is InChI=1S/C30H33F4N7O2/c1-17(2)28(42)35-24(20-6-5-7-23(31)12-20)10-11-39-13-21-15-40(16-22(21)14-39)29(43)27-18(3)38-41(19(27)4)26-9-8-25(36-37-26)30(32,33)34/h5-9,12,15,17,22,24H,10-11,13-14,16H2,1-4H3,(H,35,42)/t22?,24-/m0/s1. The molecule has 13 heteroatoms. The Balaban J connectivity index is 1.24. The van der Waals surface area contributed by atoms with Crippen molar-refractivity contribution in [3.05, 3.63) is 82.2 Å². The summed E-state index contributed by atoms with van der Waals surface area (Å²) in [7, 11) is 0. The molecule has 2 aliphatic heterocycles. The second-order valence-electron chi connectivity index (χ2n) is 11.4. The number of hydrogen-bond acceptors (Lipinski definition) is 6. The van der Waals surface area contributed by atoms with Gasteiger partial charge >= 0.3 is 6.18 Å². The summed E-state index contributed by atoms with van der Waals surface area (Å²) in [5, 5.41) is 14.3. The average molecular weight is 600 g/mol. The molecule has 1 saturated heterocycles. The van der Waals surface area contributed by atoms with Gasteiger partial charge in [-0.3, -0.25) is 14.5 Å². The molecule has 1 fully saturated rings. The van der Waals surface area contributed by atoms with Crippen LogP contribution in [-0.2, 0) is 11.0 Å². The van der Waals surface area contributed by atoms with Crippen LogP contribution in [0.3, 0.4) is 0 Å². The number of fused-ring (bicyclic) bond motifs is 1. The second kappa shape index (κ2) is 11.9. The molecule has 0 aliphatic carbocycles. The maximum absolute atomic E-state index is 13.9. The summed E-state index contributed by atoms with van der Waals surface area (Å²) in [6.45, 7) is 9.56. The Bertz CT molecular complexity index is 1550. The van der Waals surface area contributed by atoms with Gasteiger partial charge in [-0.1, -0.05) is 26.0 Å². The zero-order chi connectivity index (χ0) is 31.1. The first-order valence-corrected chi connectivity index (χ1v) is 14.1. The fraction of sp³-hybridized carbons (Fsp3) is 0.433. The number of carbonyl (C=O) groups excluding carboxylic acids is 2. The number of benzene rings is 1. The normalized spacial score (nSPS) is 17.7. The van der Waals surface area contributed by atoms with Crippen LogP contribution < -0.4 is 5.32 Å². The molecular formula is C30H33F4N7O2. The Morgan fingerprint density at radius 2 is 1.86 bits per heavy atom. The van der Waals surface area contributed by atoms with Crippen molar-refractivity contribution in [1.29, 1.82) is 0 Å². The van der Waals surface area contributed by atoms with Crippen molar-refractivity contribution >= 4 is 11.8 Å². The lowest BCUT2D eigenvalue weighted by molar-refractivity contribution is -0.141. The van der Waals surface area contributed by atoms with Crippen molar-refractivity contribution in [1.82, 2.24) is 35.1 Å². The van der Waals surface area contributed by atoms with Crippen molar-refractivity contribution in [2.45, 2.75) is 46.3 Å². The van der Waals surface area contributed by atoms with Gasteiger partial charge in [0.25, 0.3) is 5.91 Å². The maximum Gasteiger partial charge on any atom is 0.435 e. The summed E-state index contributed by atoms with van der Waals surface area (Å²) >= 11 is 0. The number of hydrogen-bond donors (Lipinski definition) is 1. The Labute approximate surface area is 246 Å². The molecule has 43 heavy (non-hydrogen) atoms. The summed E-state index contributed by atoms with van der Waals surface area (Å²) in [5.74, 6) is -0.645. The van der Waals surface area contributed by atoms with Gasteiger partial charge in [-0.2, -0.15) is 18.3 Å². The van der Waals surface area contributed by atoms with Crippen molar-refractivity contribution in [2.24, 2.45) is 11.8 Å². The van der Waals surface area contributed by atoms with E-state index in [2.05, 4.69) is 25.5 Å². The zero-order valence-corrected chi connectivity index (χ0v) is 24.3. The van der Waals surface area contributed by atoms with E-state index in [1.54, 1.807) is 24.8 Å². The highest BCUT2D eigenvalue weighted by molar-refractivity contribution is 5.97. The van der Waals surface area contributed by atoms with Crippen molar-refractivity contribution in [3.8, 4) is 5.82 Å². The Hall–Kier alpha value is -4.13. The van der Waals surface area contributed by atoms with Gasteiger partial charge in [0.15, 0.2) is 11.5 Å². The van der Waals surface area contributed by atoms with Crippen LogP contribution >= 0.6 is 0 Å². The predicted molar refractivity (Wildman–Crippen MR) is 149 cm³/mol. The van der Waals surface area contributed by atoms with Gasteiger partial charge < -0.3 is 10.2 Å². The van der Waals surface area contributed by atoms with E-state index < -0.39 is 11.9 Å². The number of likely N-dealkylation sites (tertiary alicyclic amines) is 1. The molecule has 5 rings (SSSR count). The number of nitrogens with one attached hydrogen (secondary N) is 1. The number of nitrogens with zero attached hydrogens (tertiary/aromatic N) is 6. The SMILES string of the molecule is Cc1nn(-c2ccc(C(F)(F)F)nn2)c(C)c1C(=O)N1C=C2CN(CC[C@H](NC(=O)C(C)C)c3cccc(F)c3)CC2C1. The van der Waals surface area contributed by atoms with Crippen LogP contribution in [0, 0.1) is 31.5 Å². The summed E-state index contributed by atoms with van der Waals surface area (Å²) in [4.78, 5) is 29.9. The molecular weight excluding hydrogens is 566 g/mol. The van der Waals surface area contributed by atoms with Gasteiger partial charge in [0.1, 0.15) is 5.82 Å². The number of carbonyl (C=O) groups is 2. The highest BCUT2D eigenvalue weighted by Gasteiger charge is 2.37. The molecule has 3 aromatic rings. The van der Waals surface area contributed by atoms with Crippen LogP contribution in [0.4, 0.5) is 17.6 Å². The van der Waals surface area contributed by atoms with Gasteiger partial charge in [-0.15, -0.1) is 10.2 Å². The van der Waals surface area contributed by atoms with Crippen molar-refractivity contribution < 1.29 is 27.2 Å². The van der Waals surface area contributed by atoms with Crippen LogP contribution in [0.25, 0.3) is 5.82 Å². The fourth-order valence-corrected chi connectivity index (χ4v) is 5.61. The van der Waals surface area contributed by atoms with Crippen LogP contribution in [0.15, 0.2) is 48.2 Å². The number of aromatic nitrogens is 4. The first kappa shape index (κ1) is 30.3. The highest BCUT2D eigenvalue weighted by Crippen LogP contribution is 2.33. The minimum absolute atomic E-state index is 0.0843.